The van der Waals surface area contributed by atoms with Crippen LogP contribution in [0.4, 0.5) is 0 Å². The summed E-state index contributed by atoms with van der Waals surface area (Å²) in [6.07, 6.45) is 4.12. The van der Waals surface area contributed by atoms with E-state index in [0.29, 0.717) is 36.5 Å². The summed E-state index contributed by atoms with van der Waals surface area (Å²) in [7, 11) is 0. The third kappa shape index (κ3) is 2.42. The number of imide groups is 1. The number of amides is 3. The number of aromatic nitrogens is 1. The smallest absolute Gasteiger partial charge is 0.256 e. The Hall–Kier alpha value is -1.89. The van der Waals surface area contributed by atoms with E-state index in [2.05, 4.69) is 4.98 Å². The number of carbonyl (C=O) groups excluding carboxylic acids is 3. The number of hydrogen-bond donors (Lipinski definition) is 0. The highest BCUT2D eigenvalue weighted by atomic mass is 32.2. The van der Waals surface area contributed by atoms with E-state index in [4.69, 9.17) is 0 Å². The van der Waals surface area contributed by atoms with Gasteiger partial charge in [0.15, 0.2) is 0 Å². The number of nitrogens with zero attached hydrogens (tertiary/aromatic N) is 3. The second-order valence-electron chi connectivity index (χ2n) is 5.08. The highest BCUT2D eigenvalue weighted by Gasteiger charge is 2.43. The number of carbonyl (C=O) groups is 3. The molecule has 0 aliphatic carbocycles. The molecule has 7 heteroatoms. The molecule has 1 aromatic rings. The molecule has 3 amide bonds. The van der Waals surface area contributed by atoms with Crippen LogP contribution >= 0.6 is 11.8 Å². The summed E-state index contributed by atoms with van der Waals surface area (Å²) in [4.78, 5) is 42.9. The number of thioether (sulfide) groups is 1. The van der Waals surface area contributed by atoms with Gasteiger partial charge in [0, 0.05) is 32.1 Å². The molecule has 2 fully saturated rings. The van der Waals surface area contributed by atoms with Gasteiger partial charge >= 0.3 is 0 Å². The highest BCUT2D eigenvalue weighted by molar-refractivity contribution is 7.98. The summed E-state index contributed by atoms with van der Waals surface area (Å²) in [5.41, 5.74) is 0.572. The van der Waals surface area contributed by atoms with Crippen LogP contribution < -0.4 is 0 Å². The first kappa shape index (κ1) is 14.1. The van der Waals surface area contributed by atoms with Gasteiger partial charge in [0.2, 0.25) is 11.8 Å². The number of hydrogen-bond acceptors (Lipinski definition) is 5. The second kappa shape index (κ2) is 5.48. The largest absolute Gasteiger partial charge is 0.334 e. The number of likely N-dealkylation sites (tertiary alicyclic amines) is 2. The molecule has 6 nitrogen and oxygen atoms in total. The van der Waals surface area contributed by atoms with Crippen molar-refractivity contribution in [2.45, 2.75) is 23.9 Å². The zero-order valence-electron chi connectivity index (χ0n) is 11.6. The minimum absolute atomic E-state index is 0.0946. The van der Waals surface area contributed by atoms with Crippen LogP contribution in [0.1, 0.15) is 23.2 Å². The first-order valence-electron chi connectivity index (χ1n) is 6.75. The van der Waals surface area contributed by atoms with Crippen LogP contribution in [0.2, 0.25) is 0 Å². The first-order chi connectivity index (χ1) is 10.1. The number of pyridine rings is 1. The molecular weight excluding hydrogens is 290 g/mol. The van der Waals surface area contributed by atoms with Gasteiger partial charge in [0.05, 0.1) is 11.6 Å². The molecule has 0 aromatic carbocycles. The Bertz CT molecular complexity index is 597. The third-order valence-corrected chi connectivity index (χ3v) is 4.51. The van der Waals surface area contributed by atoms with Crippen molar-refractivity contribution < 1.29 is 14.4 Å². The molecule has 0 unspecified atom stereocenters. The van der Waals surface area contributed by atoms with E-state index in [-0.39, 0.29) is 23.8 Å². The van der Waals surface area contributed by atoms with Crippen LogP contribution in [0.15, 0.2) is 23.4 Å². The van der Waals surface area contributed by atoms with E-state index < -0.39 is 0 Å². The molecule has 0 spiro atoms. The Morgan fingerprint density at radius 3 is 2.57 bits per heavy atom. The predicted molar refractivity (Wildman–Crippen MR) is 76.8 cm³/mol. The van der Waals surface area contributed by atoms with E-state index in [0.717, 1.165) is 0 Å². The molecule has 0 saturated carbocycles. The monoisotopic (exact) mass is 305 g/mol. The van der Waals surface area contributed by atoms with Crippen molar-refractivity contribution in [3.05, 3.63) is 23.9 Å². The van der Waals surface area contributed by atoms with Gasteiger partial charge in [0.1, 0.15) is 5.03 Å². The maximum absolute atomic E-state index is 12.4. The molecule has 110 valence electrons. The van der Waals surface area contributed by atoms with Crippen molar-refractivity contribution >= 4 is 29.5 Å². The Kier molecular flexibility index (Phi) is 3.67. The molecule has 2 saturated heterocycles. The zero-order chi connectivity index (χ0) is 15.0. The van der Waals surface area contributed by atoms with Gasteiger partial charge in [-0.05, 0) is 18.4 Å². The highest BCUT2D eigenvalue weighted by Crippen LogP contribution is 2.25. The molecule has 3 rings (SSSR count). The Labute approximate surface area is 126 Å². The minimum atomic E-state index is -0.161. The fourth-order valence-electron chi connectivity index (χ4n) is 2.67. The molecular formula is C14H15N3O3S. The molecule has 0 bridgehead atoms. The fourth-order valence-corrected chi connectivity index (χ4v) is 3.21. The fraction of sp³-hybridized carbons (Fsp3) is 0.429. The van der Waals surface area contributed by atoms with E-state index >= 15 is 0 Å². The Morgan fingerprint density at radius 2 is 1.95 bits per heavy atom. The van der Waals surface area contributed by atoms with Crippen LogP contribution in [-0.2, 0) is 9.59 Å². The van der Waals surface area contributed by atoms with Crippen LogP contribution in [0.5, 0.6) is 0 Å². The second-order valence-corrected chi connectivity index (χ2v) is 5.88. The summed E-state index contributed by atoms with van der Waals surface area (Å²) in [6, 6.07) is 3.32. The maximum atomic E-state index is 12.4. The van der Waals surface area contributed by atoms with Gasteiger partial charge in [0.25, 0.3) is 5.91 Å². The lowest BCUT2D eigenvalue weighted by Gasteiger charge is -2.43. The van der Waals surface area contributed by atoms with Crippen molar-refractivity contribution in [1.82, 2.24) is 14.8 Å². The standard InChI is InChI=1S/C14H15N3O3S/c1-21-13-10(3-2-6-15-13)14(20)16-7-9(8-16)17-11(18)4-5-12(17)19/h2-3,6,9H,4-5,7-8H2,1H3. The van der Waals surface area contributed by atoms with Gasteiger partial charge in [-0.1, -0.05) is 0 Å². The average molecular weight is 305 g/mol. The van der Waals surface area contributed by atoms with Gasteiger partial charge in [-0.2, -0.15) is 0 Å². The minimum Gasteiger partial charge on any atom is -0.334 e. The zero-order valence-corrected chi connectivity index (χ0v) is 12.4. The molecule has 0 N–H and O–H groups in total. The van der Waals surface area contributed by atoms with Crippen molar-refractivity contribution in [3.8, 4) is 0 Å². The van der Waals surface area contributed by atoms with Crippen LogP contribution in [0, 0.1) is 0 Å². The summed E-state index contributed by atoms with van der Waals surface area (Å²) in [5.74, 6) is -0.339. The lowest BCUT2D eigenvalue weighted by atomic mass is 10.1. The van der Waals surface area contributed by atoms with Crippen LogP contribution in [0.3, 0.4) is 0 Å². The number of rotatable bonds is 3. The predicted octanol–water partition coefficient (Wildman–Crippen LogP) is 0.777. The quantitative estimate of drug-likeness (QED) is 0.609. The normalized spacial score (nSPS) is 19.1. The molecule has 2 aliphatic rings. The van der Waals surface area contributed by atoms with E-state index in [1.54, 1.807) is 23.2 Å². The lowest BCUT2D eigenvalue weighted by molar-refractivity contribution is -0.144. The van der Waals surface area contributed by atoms with Crippen LogP contribution in [-0.4, -0.2) is 57.9 Å². The SMILES string of the molecule is CSc1ncccc1C(=O)N1CC(N2C(=O)CCC2=O)C1. The summed E-state index contributed by atoms with van der Waals surface area (Å²) in [5, 5.41) is 0.694. The van der Waals surface area contributed by atoms with E-state index in [9.17, 15) is 14.4 Å². The molecule has 0 radical (unpaired) electrons. The maximum Gasteiger partial charge on any atom is 0.256 e. The summed E-state index contributed by atoms with van der Waals surface area (Å²) in [6.45, 7) is 0.831. The van der Waals surface area contributed by atoms with Gasteiger partial charge in [-0.25, -0.2) is 4.98 Å². The third-order valence-electron chi connectivity index (χ3n) is 3.80. The summed E-state index contributed by atoms with van der Waals surface area (Å²) < 4.78 is 0. The average Bonchev–Trinajstić information content (AvgIpc) is 2.77. The van der Waals surface area contributed by atoms with Gasteiger partial charge < -0.3 is 4.90 Å². The van der Waals surface area contributed by atoms with E-state index in [1.165, 1.54) is 16.7 Å². The van der Waals surface area contributed by atoms with Crippen molar-refractivity contribution in [2.75, 3.05) is 19.3 Å². The van der Waals surface area contributed by atoms with E-state index in [1.807, 2.05) is 6.26 Å². The van der Waals surface area contributed by atoms with Crippen molar-refractivity contribution in [2.24, 2.45) is 0 Å². The Morgan fingerprint density at radius 1 is 1.29 bits per heavy atom. The van der Waals surface area contributed by atoms with Crippen molar-refractivity contribution in [3.63, 3.8) is 0 Å². The van der Waals surface area contributed by atoms with Gasteiger partial charge in [-0.3, -0.25) is 19.3 Å². The summed E-state index contributed by atoms with van der Waals surface area (Å²) >= 11 is 1.43. The molecule has 0 atom stereocenters. The van der Waals surface area contributed by atoms with Gasteiger partial charge in [-0.15, -0.1) is 11.8 Å². The molecule has 2 aliphatic heterocycles. The Balaban J connectivity index is 1.67. The lowest BCUT2D eigenvalue weighted by Crippen LogP contribution is -2.62. The topological polar surface area (TPSA) is 70.6 Å². The first-order valence-corrected chi connectivity index (χ1v) is 7.97. The van der Waals surface area contributed by atoms with Crippen LogP contribution in [0.25, 0.3) is 0 Å². The molecule has 21 heavy (non-hydrogen) atoms. The molecule has 3 heterocycles. The molecule has 1 aromatic heterocycles. The van der Waals surface area contributed by atoms with Crippen molar-refractivity contribution in [1.29, 1.82) is 0 Å².